The van der Waals surface area contributed by atoms with E-state index in [1.165, 1.54) is 13.2 Å². The molecule has 2 N–H and O–H groups in total. The van der Waals surface area contributed by atoms with Gasteiger partial charge >= 0.3 is 0 Å². The summed E-state index contributed by atoms with van der Waals surface area (Å²) in [5.41, 5.74) is 6.80. The van der Waals surface area contributed by atoms with Crippen LogP contribution in [0.15, 0.2) is 12.1 Å². The van der Waals surface area contributed by atoms with E-state index in [2.05, 4.69) is 0 Å². The Morgan fingerprint density at radius 1 is 1.53 bits per heavy atom. The van der Waals surface area contributed by atoms with E-state index in [0.717, 1.165) is 18.4 Å². The number of ether oxygens (including phenoxy) is 1. The second-order valence-electron chi connectivity index (χ2n) is 4.01. The molecule has 1 aromatic carbocycles. The first-order valence-corrected chi connectivity index (χ1v) is 5.21. The van der Waals surface area contributed by atoms with E-state index in [0.29, 0.717) is 10.6 Å². The Bertz CT molecular complexity index is 367. The third kappa shape index (κ3) is 2.00. The van der Waals surface area contributed by atoms with E-state index in [4.69, 9.17) is 22.1 Å². The summed E-state index contributed by atoms with van der Waals surface area (Å²) in [5.74, 6) is -0.337. The minimum atomic E-state index is -0.351. The van der Waals surface area contributed by atoms with Crippen LogP contribution in [0.3, 0.4) is 0 Å². The lowest BCUT2D eigenvalue weighted by atomic mass is 10.0. The third-order valence-electron chi connectivity index (χ3n) is 2.79. The van der Waals surface area contributed by atoms with Gasteiger partial charge in [-0.05, 0) is 30.5 Å². The third-order valence-corrected chi connectivity index (χ3v) is 3.13. The summed E-state index contributed by atoms with van der Waals surface area (Å²) in [6.07, 6.45) is 1.79. The SMILES string of the molecule is COCc1c(F)cc(C2(N)CC2)cc1Cl. The van der Waals surface area contributed by atoms with Gasteiger partial charge in [0.2, 0.25) is 0 Å². The summed E-state index contributed by atoms with van der Waals surface area (Å²) in [7, 11) is 1.51. The molecule has 0 unspecified atom stereocenters. The Labute approximate surface area is 93.2 Å². The van der Waals surface area contributed by atoms with Gasteiger partial charge in [-0.1, -0.05) is 11.6 Å². The summed E-state index contributed by atoms with van der Waals surface area (Å²) in [4.78, 5) is 0. The Morgan fingerprint density at radius 2 is 2.20 bits per heavy atom. The largest absolute Gasteiger partial charge is 0.380 e. The molecule has 0 radical (unpaired) electrons. The number of rotatable bonds is 3. The molecule has 1 fully saturated rings. The number of nitrogens with two attached hydrogens (primary N) is 1. The first kappa shape index (κ1) is 10.9. The van der Waals surface area contributed by atoms with Crippen LogP contribution in [0.25, 0.3) is 0 Å². The fourth-order valence-corrected chi connectivity index (χ4v) is 1.86. The van der Waals surface area contributed by atoms with Crippen molar-refractivity contribution in [3.05, 3.63) is 34.1 Å². The molecule has 1 saturated carbocycles. The highest BCUT2D eigenvalue weighted by Crippen LogP contribution is 2.44. The quantitative estimate of drug-likeness (QED) is 0.865. The summed E-state index contributed by atoms with van der Waals surface area (Å²) >= 11 is 5.97. The maximum atomic E-state index is 13.6. The summed E-state index contributed by atoms with van der Waals surface area (Å²) in [5, 5.41) is 0.392. The van der Waals surface area contributed by atoms with Gasteiger partial charge in [0, 0.05) is 23.2 Å². The molecule has 15 heavy (non-hydrogen) atoms. The van der Waals surface area contributed by atoms with Crippen LogP contribution in [0.4, 0.5) is 4.39 Å². The van der Waals surface area contributed by atoms with E-state index in [9.17, 15) is 4.39 Å². The average Bonchev–Trinajstić information content (AvgIpc) is 2.91. The molecule has 2 nitrogen and oxygen atoms in total. The minimum absolute atomic E-state index is 0.183. The summed E-state index contributed by atoms with van der Waals surface area (Å²) < 4.78 is 18.5. The first-order valence-electron chi connectivity index (χ1n) is 4.83. The predicted molar refractivity (Wildman–Crippen MR) is 57.2 cm³/mol. The van der Waals surface area contributed by atoms with Crippen LogP contribution in [-0.2, 0) is 16.9 Å². The highest BCUT2D eigenvalue weighted by atomic mass is 35.5. The molecule has 0 saturated heterocycles. The Kier molecular flexibility index (Phi) is 2.71. The average molecular weight is 230 g/mol. The van der Waals surface area contributed by atoms with Crippen LogP contribution in [0.5, 0.6) is 0 Å². The number of hydrogen-bond acceptors (Lipinski definition) is 2. The van der Waals surface area contributed by atoms with Crippen molar-refractivity contribution in [2.75, 3.05) is 7.11 Å². The van der Waals surface area contributed by atoms with Gasteiger partial charge in [-0.15, -0.1) is 0 Å². The van der Waals surface area contributed by atoms with Crippen LogP contribution in [0.2, 0.25) is 5.02 Å². The molecule has 2 rings (SSSR count). The predicted octanol–water partition coefficient (Wildman–Crippen LogP) is 2.57. The van der Waals surface area contributed by atoms with E-state index in [1.807, 2.05) is 0 Å². The molecule has 82 valence electrons. The van der Waals surface area contributed by atoms with Gasteiger partial charge in [0.15, 0.2) is 0 Å². The number of methoxy groups -OCH3 is 1. The van der Waals surface area contributed by atoms with Crippen LogP contribution in [-0.4, -0.2) is 7.11 Å². The second-order valence-corrected chi connectivity index (χ2v) is 4.41. The van der Waals surface area contributed by atoms with E-state index >= 15 is 0 Å². The molecule has 0 aromatic heterocycles. The molecular weight excluding hydrogens is 217 g/mol. The molecular formula is C11H13ClFNO. The lowest BCUT2D eigenvalue weighted by Gasteiger charge is -2.12. The second kappa shape index (κ2) is 3.74. The van der Waals surface area contributed by atoms with E-state index in [-0.39, 0.29) is 18.0 Å². The maximum Gasteiger partial charge on any atom is 0.130 e. The molecule has 0 aliphatic heterocycles. The highest BCUT2D eigenvalue weighted by Gasteiger charge is 2.40. The molecule has 0 atom stereocenters. The topological polar surface area (TPSA) is 35.2 Å². The smallest absolute Gasteiger partial charge is 0.130 e. The Hall–Kier alpha value is -0.640. The van der Waals surface area contributed by atoms with Gasteiger partial charge in [0.25, 0.3) is 0 Å². The van der Waals surface area contributed by atoms with Gasteiger partial charge in [-0.3, -0.25) is 0 Å². The van der Waals surface area contributed by atoms with Crippen molar-refractivity contribution < 1.29 is 9.13 Å². The van der Waals surface area contributed by atoms with Crippen molar-refractivity contribution in [3.63, 3.8) is 0 Å². The van der Waals surface area contributed by atoms with Crippen molar-refractivity contribution >= 4 is 11.6 Å². The molecule has 1 aliphatic carbocycles. The fourth-order valence-electron chi connectivity index (χ4n) is 1.60. The number of halogens is 2. The van der Waals surface area contributed by atoms with Crippen LogP contribution in [0, 0.1) is 5.82 Å². The Balaban J connectivity index is 2.38. The van der Waals surface area contributed by atoms with Gasteiger partial charge in [-0.2, -0.15) is 0 Å². The summed E-state index contributed by atoms with van der Waals surface area (Å²) in [6, 6.07) is 3.21. The van der Waals surface area contributed by atoms with E-state index < -0.39 is 0 Å². The lowest BCUT2D eigenvalue weighted by molar-refractivity contribution is 0.181. The zero-order valence-corrected chi connectivity index (χ0v) is 9.27. The van der Waals surface area contributed by atoms with Crippen molar-refractivity contribution in [1.82, 2.24) is 0 Å². The molecule has 0 amide bonds. The number of hydrogen-bond donors (Lipinski definition) is 1. The van der Waals surface area contributed by atoms with Crippen molar-refractivity contribution in [2.45, 2.75) is 25.0 Å². The number of benzene rings is 1. The first-order chi connectivity index (χ1) is 7.07. The van der Waals surface area contributed by atoms with Crippen molar-refractivity contribution in [1.29, 1.82) is 0 Å². The van der Waals surface area contributed by atoms with Crippen LogP contribution in [0.1, 0.15) is 24.0 Å². The minimum Gasteiger partial charge on any atom is -0.380 e. The fraction of sp³-hybridized carbons (Fsp3) is 0.455. The lowest BCUT2D eigenvalue weighted by Crippen LogP contribution is -2.19. The monoisotopic (exact) mass is 229 g/mol. The zero-order chi connectivity index (χ0) is 11.1. The normalized spacial score (nSPS) is 17.9. The maximum absolute atomic E-state index is 13.6. The van der Waals surface area contributed by atoms with Crippen LogP contribution < -0.4 is 5.73 Å². The van der Waals surface area contributed by atoms with Crippen molar-refractivity contribution in [2.24, 2.45) is 5.73 Å². The highest BCUT2D eigenvalue weighted by molar-refractivity contribution is 6.31. The van der Waals surface area contributed by atoms with Gasteiger partial charge in [-0.25, -0.2) is 4.39 Å². The molecule has 0 heterocycles. The molecule has 1 aliphatic rings. The molecule has 0 spiro atoms. The van der Waals surface area contributed by atoms with Gasteiger partial charge < -0.3 is 10.5 Å². The van der Waals surface area contributed by atoms with E-state index in [1.54, 1.807) is 6.07 Å². The molecule has 1 aromatic rings. The zero-order valence-electron chi connectivity index (χ0n) is 8.52. The van der Waals surface area contributed by atoms with Gasteiger partial charge in [0.05, 0.1) is 6.61 Å². The molecule has 4 heteroatoms. The van der Waals surface area contributed by atoms with Crippen LogP contribution >= 0.6 is 11.6 Å². The van der Waals surface area contributed by atoms with Gasteiger partial charge in [0.1, 0.15) is 5.82 Å². The standard InChI is InChI=1S/C11H13ClFNO/c1-15-6-8-9(12)4-7(5-10(8)13)11(14)2-3-11/h4-5H,2-3,6,14H2,1H3. The molecule has 0 bridgehead atoms. The van der Waals surface area contributed by atoms with Crippen molar-refractivity contribution in [3.8, 4) is 0 Å². The summed E-state index contributed by atoms with van der Waals surface area (Å²) in [6.45, 7) is 0.183. The Morgan fingerprint density at radius 3 is 2.67 bits per heavy atom.